The van der Waals surface area contributed by atoms with Gasteiger partial charge < -0.3 is 4.98 Å². The summed E-state index contributed by atoms with van der Waals surface area (Å²) < 4.78 is 45.8. The van der Waals surface area contributed by atoms with Gasteiger partial charge in [-0.05, 0) is 59.1 Å². The average molecular weight is 470 g/mol. The Morgan fingerprint density at radius 2 is 2.00 bits per heavy atom. The van der Waals surface area contributed by atoms with Gasteiger partial charge in [-0.2, -0.15) is 0 Å². The molecule has 5 rings (SSSR count). The molecule has 2 N–H and O–H groups in total. The fourth-order valence-electron chi connectivity index (χ4n) is 4.77. The van der Waals surface area contributed by atoms with E-state index in [2.05, 4.69) is 14.7 Å². The summed E-state index contributed by atoms with van der Waals surface area (Å²) in [6.45, 7) is 0. The first-order valence-corrected chi connectivity index (χ1v) is 13.1. The van der Waals surface area contributed by atoms with Crippen LogP contribution in [0.4, 0.5) is 8.78 Å². The highest BCUT2D eigenvalue weighted by atomic mass is 32.3. The highest BCUT2D eigenvalue weighted by Crippen LogP contribution is 2.36. The number of rotatable bonds is 6. The first kappa shape index (κ1) is 21.9. The number of aromatic amines is 1. The highest BCUT2D eigenvalue weighted by molar-refractivity contribution is 8.04. The van der Waals surface area contributed by atoms with Crippen molar-refractivity contribution >= 4 is 10.1 Å². The van der Waals surface area contributed by atoms with E-state index in [4.69, 9.17) is 0 Å². The molecule has 3 aromatic rings. The SMILES string of the molecule is C[SH](=O)(N[C@H]1CCc2nc[nH]c(=O)c2[C@H]1Cc1cccc(-c2cccc(F)c2)c1F)C1=CC1. The summed E-state index contributed by atoms with van der Waals surface area (Å²) >= 11 is 0. The minimum atomic E-state index is -2.72. The monoisotopic (exact) mass is 469 g/mol. The maximum absolute atomic E-state index is 15.6. The molecule has 0 unspecified atom stereocenters. The minimum Gasteiger partial charge on any atom is -0.313 e. The molecule has 0 saturated carbocycles. The summed E-state index contributed by atoms with van der Waals surface area (Å²) in [5, 5.41) is 0. The molecule has 33 heavy (non-hydrogen) atoms. The summed E-state index contributed by atoms with van der Waals surface area (Å²) in [6, 6.07) is 10.6. The van der Waals surface area contributed by atoms with Crippen molar-refractivity contribution in [2.45, 2.75) is 37.6 Å². The summed E-state index contributed by atoms with van der Waals surface area (Å²) in [5.74, 6) is -1.29. The number of nitrogens with zero attached hydrogens (tertiary/aromatic N) is 1. The Morgan fingerprint density at radius 1 is 1.21 bits per heavy atom. The second-order valence-electron chi connectivity index (χ2n) is 8.79. The molecule has 2 aliphatic rings. The molecule has 0 saturated heterocycles. The van der Waals surface area contributed by atoms with E-state index in [0.29, 0.717) is 40.8 Å². The number of hydrogen-bond acceptors (Lipinski definition) is 3. The molecule has 8 heteroatoms. The van der Waals surface area contributed by atoms with E-state index >= 15 is 4.39 Å². The number of halogens is 2. The molecule has 0 radical (unpaired) electrons. The molecule has 0 fully saturated rings. The van der Waals surface area contributed by atoms with Crippen LogP contribution in [0.25, 0.3) is 11.1 Å². The summed E-state index contributed by atoms with van der Waals surface area (Å²) in [6.07, 6.45) is 7.22. The Hall–Kier alpha value is -2.97. The maximum Gasteiger partial charge on any atom is 0.254 e. The molecule has 0 aliphatic heterocycles. The third-order valence-corrected chi connectivity index (χ3v) is 8.81. The van der Waals surface area contributed by atoms with Crippen LogP contribution in [0.1, 0.15) is 35.6 Å². The number of nitrogens with one attached hydrogen (secondary N) is 2. The van der Waals surface area contributed by atoms with Crippen LogP contribution in [0.15, 0.2) is 64.6 Å². The fourth-order valence-corrected chi connectivity index (χ4v) is 6.66. The number of H-pyrrole nitrogens is 1. The molecule has 5 nitrogen and oxygen atoms in total. The van der Waals surface area contributed by atoms with E-state index in [-0.39, 0.29) is 18.0 Å². The van der Waals surface area contributed by atoms with Crippen molar-refractivity contribution in [3.63, 3.8) is 0 Å². The van der Waals surface area contributed by atoms with Crippen LogP contribution < -0.4 is 10.3 Å². The number of aryl methyl sites for hydroxylation is 1. The molecular formula is C25H25F2N3O2S. The molecular weight excluding hydrogens is 444 g/mol. The number of benzene rings is 2. The molecule has 1 heterocycles. The van der Waals surface area contributed by atoms with Gasteiger partial charge in [-0.15, -0.1) is 0 Å². The van der Waals surface area contributed by atoms with Gasteiger partial charge >= 0.3 is 0 Å². The number of allylic oxidation sites excluding steroid dienone is 2. The zero-order chi connectivity index (χ0) is 23.2. The molecule has 0 spiro atoms. The van der Waals surface area contributed by atoms with Gasteiger partial charge in [0.1, 0.15) is 11.6 Å². The lowest BCUT2D eigenvalue weighted by atomic mass is 9.78. The van der Waals surface area contributed by atoms with Crippen LogP contribution in [0.2, 0.25) is 0 Å². The van der Waals surface area contributed by atoms with Crippen LogP contribution >= 0.6 is 0 Å². The van der Waals surface area contributed by atoms with E-state index in [1.54, 1.807) is 36.6 Å². The van der Waals surface area contributed by atoms with Gasteiger partial charge in [0.25, 0.3) is 5.56 Å². The quantitative estimate of drug-likeness (QED) is 0.481. The average Bonchev–Trinajstić information content (AvgIpc) is 3.63. The van der Waals surface area contributed by atoms with Gasteiger partial charge in [0, 0.05) is 34.2 Å². The van der Waals surface area contributed by atoms with Gasteiger partial charge in [-0.25, -0.2) is 13.8 Å². The van der Waals surface area contributed by atoms with Crippen molar-refractivity contribution in [3.05, 3.63) is 98.6 Å². The van der Waals surface area contributed by atoms with Crippen molar-refractivity contribution in [2.75, 3.05) is 6.26 Å². The van der Waals surface area contributed by atoms with Crippen molar-refractivity contribution in [1.29, 1.82) is 0 Å². The zero-order valence-electron chi connectivity index (χ0n) is 18.1. The highest BCUT2D eigenvalue weighted by Gasteiger charge is 2.36. The van der Waals surface area contributed by atoms with E-state index in [9.17, 15) is 13.4 Å². The van der Waals surface area contributed by atoms with Crippen molar-refractivity contribution in [3.8, 4) is 11.1 Å². The Balaban J connectivity index is 1.54. The lowest BCUT2D eigenvalue weighted by Gasteiger charge is -2.36. The van der Waals surface area contributed by atoms with E-state index in [1.807, 2.05) is 6.08 Å². The standard InChI is InChI=1S/C25H25F2N3O2S/c1-33(32,18-8-9-18)30-21-10-11-22-23(25(31)29-14-28-22)20(21)13-16-5-3-7-19(24(16)27)15-4-2-6-17(26)12-15/h2-8,12,14,20-21,33H,9-11,13H2,1H3,(H,30,32)(H,28,29,31)/t20-,21-/m0/s1. The van der Waals surface area contributed by atoms with E-state index in [0.717, 1.165) is 11.3 Å². The van der Waals surface area contributed by atoms with E-state index < -0.39 is 27.7 Å². The van der Waals surface area contributed by atoms with Gasteiger partial charge in [0.2, 0.25) is 0 Å². The Labute approximate surface area is 191 Å². The van der Waals surface area contributed by atoms with Crippen molar-refractivity contribution in [1.82, 2.24) is 14.7 Å². The summed E-state index contributed by atoms with van der Waals surface area (Å²) in [7, 11) is -2.72. The predicted octanol–water partition coefficient (Wildman–Crippen LogP) is 3.79. The molecule has 172 valence electrons. The van der Waals surface area contributed by atoms with Gasteiger partial charge in [-0.3, -0.25) is 13.7 Å². The van der Waals surface area contributed by atoms with Gasteiger partial charge in [0.05, 0.1) is 12.0 Å². The van der Waals surface area contributed by atoms with Crippen LogP contribution in [0.5, 0.6) is 0 Å². The Bertz CT molecular complexity index is 1370. The number of aromatic nitrogens is 2. The lowest BCUT2D eigenvalue weighted by molar-refractivity contribution is 0.423. The molecule has 2 aliphatic carbocycles. The normalized spacial score (nSPS) is 20.2. The second kappa shape index (κ2) is 8.43. The predicted molar refractivity (Wildman–Crippen MR) is 127 cm³/mol. The first-order valence-electron chi connectivity index (χ1n) is 11.0. The Kier molecular flexibility index (Phi) is 5.58. The third-order valence-electron chi connectivity index (χ3n) is 6.52. The summed E-state index contributed by atoms with van der Waals surface area (Å²) in [4.78, 5) is 20.7. The van der Waals surface area contributed by atoms with Gasteiger partial charge in [0.15, 0.2) is 0 Å². The van der Waals surface area contributed by atoms with Crippen molar-refractivity contribution < 1.29 is 13.0 Å². The topological polar surface area (TPSA) is 74.8 Å². The van der Waals surface area contributed by atoms with Crippen LogP contribution in [-0.4, -0.2) is 26.5 Å². The minimum absolute atomic E-state index is 0.230. The van der Waals surface area contributed by atoms with E-state index in [1.165, 1.54) is 18.5 Å². The van der Waals surface area contributed by atoms with Gasteiger partial charge in [-0.1, -0.05) is 36.4 Å². The molecule has 0 amide bonds. The number of fused-ring (bicyclic) bond motifs is 1. The van der Waals surface area contributed by atoms with Crippen LogP contribution in [0.3, 0.4) is 0 Å². The molecule has 2 aromatic carbocycles. The largest absolute Gasteiger partial charge is 0.313 e. The fraction of sp³-hybridized carbons (Fsp3) is 0.280. The van der Waals surface area contributed by atoms with Crippen LogP contribution in [-0.2, 0) is 23.0 Å². The second-order valence-corrected chi connectivity index (χ2v) is 11.5. The smallest absolute Gasteiger partial charge is 0.254 e. The molecule has 1 aromatic heterocycles. The molecule has 0 bridgehead atoms. The first-order chi connectivity index (χ1) is 15.8. The zero-order valence-corrected chi connectivity index (χ0v) is 19.0. The number of thiol groups is 1. The molecule has 2 atom stereocenters. The van der Waals surface area contributed by atoms with Crippen LogP contribution in [0, 0.1) is 11.6 Å². The third kappa shape index (κ3) is 4.32. The van der Waals surface area contributed by atoms with Crippen molar-refractivity contribution in [2.24, 2.45) is 0 Å². The lowest BCUT2D eigenvalue weighted by Crippen LogP contribution is -2.46. The Morgan fingerprint density at radius 3 is 2.76 bits per heavy atom. The number of hydrogen-bond donors (Lipinski definition) is 3. The summed E-state index contributed by atoms with van der Waals surface area (Å²) in [5.41, 5.74) is 2.13. The maximum atomic E-state index is 15.6.